The maximum absolute atomic E-state index is 6.78. The minimum Gasteiger partial charge on any atom is -0.0936 e. The van der Waals surface area contributed by atoms with Gasteiger partial charge in [-0.25, -0.2) is 0 Å². The molecule has 0 aliphatic carbocycles. The third-order valence-electron chi connectivity index (χ3n) is 3.36. The first-order chi connectivity index (χ1) is 9.91. The van der Waals surface area contributed by atoms with Crippen molar-refractivity contribution in [2.24, 2.45) is 0 Å². The zero-order valence-corrected chi connectivity index (χ0v) is 14.6. The molecule has 2 heteroatoms. The third kappa shape index (κ3) is 3.75. The van der Waals surface area contributed by atoms with Crippen LogP contribution in [0.15, 0.2) is 71.9 Å². The van der Waals surface area contributed by atoms with Gasteiger partial charge in [-0.1, -0.05) is 98.5 Å². The van der Waals surface area contributed by atoms with Crippen LogP contribution in [0.3, 0.4) is 0 Å². The van der Waals surface area contributed by atoms with Gasteiger partial charge in [-0.3, -0.25) is 0 Å². The monoisotopic (exact) mass is 312 g/mol. The van der Waals surface area contributed by atoms with E-state index in [9.17, 15) is 0 Å². The highest BCUT2D eigenvalue weighted by molar-refractivity contribution is 6.92. The lowest BCUT2D eigenvalue weighted by atomic mass is 9.95. The summed E-state index contributed by atoms with van der Waals surface area (Å²) in [7, 11) is -1.62. The Hall–Kier alpha value is -1.57. The molecule has 0 saturated carbocycles. The van der Waals surface area contributed by atoms with E-state index in [1.807, 2.05) is 36.4 Å². The van der Waals surface area contributed by atoms with E-state index < -0.39 is 8.07 Å². The highest BCUT2D eigenvalue weighted by atomic mass is 35.5. The van der Waals surface area contributed by atoms with Crippen molar-refractivity contribution in [3.8, 4) is 0 Å². The Labute approximate surface area is 133 Å². The number of rotatable bonds is 4. The molecule has 0 heterocycles. The number of hydrogen-bond donors (Lipinski definition) is 0. The number of benzene rings is 2. The molecule has 0 amide bonds. The fraction of sp³-hybridized carbons (Fsp3) is 0.158. The molecule has 0 unspecified atom stereocenters. The van der Waals surface area contributed by atoms with Gasteiger partial charge in [-0.15, -0.1) is 0 Å². The molecule has 0 saturated heterocycles. The first-order valence-corrected chi connectivity index (χ1v) is 11.0. The van der Waals surface area contributed by atoms with Gasteiger partial charge in [0.2, 0.25) is 0 Å². The molecule has 0 fully saturated rings. The Morgan fingerprint density at radius 2 is 1.24 bits per heavy atom. The fourth-order valence-corrected chi connectivity index (χ4v) is 3.47. The Morgan fingerprint density at radius 3 is 1.67 bits per heavy atom. The van der Waals surface area contributed by atoms with Crippen LogP contribution in [-0.4, -0.2) is 8.07 Å². The first kappa shape index (κ1) is 15.8. The van der Waals surface area contributed by atoms with Gasteiger partial charge in [0.15, 0.2) is 0 Å². The van der Waals surface area contributed by atoms with Crippen LogP contribution in [0.25, 0.3) is 11.1 Å². The predicted molar refractivity (Wildman–Crippen MR) is 98.0 cm³/mol. The van der Waals surface area contributed by atoms with Gasteiger partial charge in [-0.05, 0) is 22.3 Å². The molecule has 0 bridgehead atoms. The normalized spacial score (nSPS) is 12.8. The number of hydrogen-bond acceptors (Lipinski definition) is 0. The lowest BCUT2D eigenvalue weighted by Crippen LogP contribution is -2.22. The molecule has 2 rings (SSSR count). The van der Waals surface area contributed by atoms with Crippen molar-refractivity contribution in [3.63, 3.8) is 0 Å². The van der Waals surface area contributed by atoms with Crippen molar-refractivity contribution in [1.82, 2.24) is 0 Å². The Bertz CT molecular complexity index is 649. The van der Waals surface area contributed by atoms with E-state index in [2.05, 4.69) is 50.5 Å². The van der Waals surface area contributed by atoms with Crippen LogP contribution in [0.1, 0.15) is 11.1 Å². The molecule has 0 aromatic heterocycles. The first-order valence-electron chi connectivity index (χ1n) is 7.11. The molecule has 108 valence electrons. The summed E-state index contributed by atoms with van der Waals surface area (Å²) in [4.78, 5) is 0. The topological polar surface area (TPSA) is 0 Å². The SMILES string of the molecule is C=C(/C(=C(\Cl)[Si](C)(C)C)c1ccccc1)c1ccccc1. The predicted octanol–water partition coefficient (Wildman–Crippen LogP) is 6.23. The van der Waals surface area contributed by atoms with Crippen LogP contribution in [0.2, 0.25) is 19.6 Å². The maximum atomic E-state index is 6.78. The zero-order chi connectivity index (χ0) is 15.5. The third-order valence-corrected chi connectivity index (χ3v) is 6.82. The smallest absolute Gasteiger partial charge is 0.0930 e. The molecular weight excluding hydrogens is 292 g/mol. The van der Waals surface area contributed by atoms with E-state index in [1.165, 1.54) is 0 Å². The van der Waals surface area contributed by atoms with E-state index in [1.54, 1.807) is 0 Å². The molecule has 0 aliphatic heterocycles. The average Bonchev–Trinajstić information content (AvgIpc) is 2.48. The quantitative estimate of drug-likeness (QED) is 0.464. The van der Waals surface area contributed by atoms with Gasteiger partial charge in [0.05, 0.1) is 8.07 Å². The van der Waals surface area contributed by atoms with Gasteiger partial charge < -0.3 is 0 Å². The van der Waals surface area contributed by atoms with Crippen LogP contribution in [-0.2, 0) is 0 Å². The molecular formula is C19H21ClSi. The summed E-state index contributed by atoms with van der Waals surface area (Å²) >= 11 is 6.78. The molecule has 2 aromatic rings. The van der Waals surface area contributed by atoms with Crippen molar-refractivity contribution < 1.29 is 0 Å². The summed E-state index contributed by atoms with van der Waals surface area (Å²) in [5.41, 5.74) is 4.34. The van der Waals surface area contributed by atoms with Gasteiger partial charge in [0.25, 0.3) is 0 Å². The largest absolute Gasteiger partial charge is 0.0936 e. The van der Waals surface area contributed by atoms with Gasteiger partial charge >= 0.3 is 0 Å². The Kier molecular flexibility index (Phi) is 4.87. The van der Waals surface area contributed by atoms with Crippen molar-refractivity contribution in [1.29, 1.82) is 0 Å². The summed E-state index contributed by atoms with van der Waals surface area (Å²) in [5, 5.41) is 0. The summed E-state index contributed by atoms with van der Waals surface area (Å²) < 4.78 is 0.975. The molecule has 0 nitrogen and oxygen atoms in total. The van der Waals surface area contributed by atoms with Crippen LogP contribution in [0.4, 0.5) is 0 Å². The molecule has 2 aromatic carbocycles. The summed E-state index contributed by atoms with van der Waals surface area (Å²) in [5.74, 6) is 0. The second kappa shape index (κ2) is 6.46. The molecule has 0 atom stereocenters. The van der Waals surface area contributed by atoms with Crippen molar-refractivity contribution >= 4 is 30.8 Å². The van der Waals surface area contributed by atoms with Crippen LogP contribution in [0.5, 0.6) is 0 Å². The Balaban J connectivity index is 2.61. The van der Waals surface area contributed by atoms with E-state index in [-0.39, 0.29) is 0 Å². The average molecular weight is 313 g/mol. The maximum Gasteiger partial charge on any atom is 0.0930 e. The minimum atomic E-state index is -1.62. The number of allylic oxidation sites excluding steroid dienone is 2. The molecule has 0 aliphatic rings. The van der Waals surface area contributed by atoms with E-state index in [0.717, 1.165) is 26.9 Å². The van der Waals surface area contributed by atoms with E-state index >= 15 is 0 Å². The van der Waals surface area contributed by atoms with Crippen molar-refractivity contribution in [2.75, 3.05) is 0 Å². The number of halogens is 1. The van der Waals surface area contributed by atoms with Gasteiger partial charge in [-0.2, -0.15) is 0 Å². The lowest BCUT2D eigenvalue weighted by molar-refractivity contribution is 1.58. The fourth-order valence-electron chi connectivity index (χ4n) is 2.20. The van der Waals surface area contributed by atoms with Crippen LogP contribution >= 0.6 is 11.6 Å². The van der Waals surface area contributed by atoms with Gasteiger partial charge in [0, 0.05) is 4.66 Å². The van der Waals surface area contributed by atoms with E-state index in [0.29, 0.717) is 0 Å². The molecule has 0 spiro atoms. The minimum absolute atomic E-state index is 0.975. The standard InChI is InChI=1S/C19H21ClSi/c1-15(16-11-7-5-8-12-16)18(19(20)21(2,3)4)17-13-9-6-10-14-17/h5-14H,1H2,2-4H3/b19-18-. The summed E-state index contributed by atoms with van der Waals surface area (Å²) in [6.45, 7) is 11.1. The Morgan fingerprint density at radius 1 is 0.810 bits per heavy atom. The summed E-state index contributed by atoms with van der Waals surface area (Å²) in [6, 6.07) is 20.6. The molecule has 0 radical (unpaired) electrons. The highest BCUT2D eigenvalue weighted by Crippen LogP contribution is 2.37. The molecule has 0 N–H and O–H groups in total. The van der Waals surface area contributed by atoms with Crippen molar-refractivity contribution in [3.05, 3.63) is 83.0 Å². The van der Waals surface area contributed by atoms with Crippen LogP contribution < -0.4 is 0 Å². The lowest BCUT2D eigenvalue weighted by Gasteiger charge is -2.22. The second-order valence-electron chi connectivity index (χ2n) is 6.15. The molecule has 21 heavy (non-hydrogen) atoms. The van der Waals surface area contributed by atoms with Gasteiger partial charge in [0.1, 0.15) is 0 Å². The highest BCUT2D eigenvalue weighted by Gasteiger charge is 2.24. The second-order valence-corrected chi connectivity index (χ2v) is 11.8. The summed E-state index contributed by atoms with van der Waals surface area (Å²) in [6.07, 6.45) is 0. The van der Waals surface area contributed by atoms with E-state index in [4.69, 9.17) is 11.6 Å². The zero-order valence-electron chi connectivity index (χ0n) is 12.9. The van der Waals surface area contributed by atoms with Crippen molar-refractivity contribution in [2.45, 2.75) is 19.6 Å². The van der Waals surface area contributed by atoms with Crippen LogP contribution in [0, 0.1) is 0 Å².